The molecule has 2 aromatic rings. The second-order valence-corrected chi connectivity index (χ2v) is 5.11. The van der Waals surface area contributed by atoms with Crippen molar-refractivity contribution < 1.29 is 0 Å². The largest absolute Gasteiger partial charge is 0.370 e. The van der Waals surface area contributed by atoms with Crippen molar-refractivity contribution in [2.45, 2.75) is 46.5 Å². The molecule has 0 saturated heterocycles. The van der Waals surface area contributed by atoms with Crippen LogP contribution in [0.2, 0.25) is 0 Å². The van der Waals surface area contributed by atoms with E-state index in [4.69, 9.17) is 0 Å². The molecule has 0 amide bonds. The van der Waals surface area contributed by atoms with Gasteiger partial charge in [0.1, 0.15) is 23.8 Å². The Balaban J connectivity index is 2.52. The molecule has 2 rings (SSSR count). The van der Waals surface area contributed by atoms with E-state index >= 15 is 0 Å². The van der Waals surface area contributed by atoms with Gasteiger partial charge in [0.05, 0.1) is 0 Å². The number of rotatable bonds is 6. The Hall–Kier alpha value is -1.91. The monoisotopic (exact) mass is 273 g/mol. The summed E-state index contributed by atoms with van der Waals surface area (Å²) in [6.07, 6.45) is 7.37. The summed E-state index contributed by atoms with van der Waals surface area (Å²) in [6.45, 7) is 9.50. The summed E-state index contributed by atoms with van der Waals surface area (Å²) in [4.78, 5) is 13.3. The fourth-order valence-corrected chi connectivity index (χ4v) is 2.28. The minimum Gasteiger partial charge on any atom is -0.370 e. The van der Waals surface area contributed by atoms with Gasteiger partial charge in [-0.15, -0.1) is 0 Å². The van der Waals surface area contributed by atoms with E-state index in [2.05, 4.69) is 52.5 Å². The highest BCUT2D eigenvalue weighted by Gasteiger charge is 2.17. The lowest BCUT2D eigenvalue weighted by molar-refractivity contribution is 0.789. The molecule has 2 aromatic heterocycles. The zero-order valence-corrected chi connectivity index (χ0v) is 12.7. The third-order valence-corrected chi connectivity index (χ3v) is 3.24. The van der Waals surface area contributed by atoms with Crippen LogP contribution in [0.1, 0.15) is 51.4 Å². The fraction of sp³-hybridized carbons (Fsp3) is 0.533. The van der Waals surface area contributed by atoms with Gasteiger partial charge in [-0.2, -0.15) is 0 Å². The van der Waals surface area contributed by atoms with Crippen LogP contribution in [-0.2, 0) is 6.42 Å². The molecule has 108 valence electrons. The molecule has 5 nitrogen and oxygen atoms in total. The van der Waals surface area contributed by atoms with Crippen molar-refractivity contribution in [1.29, 1.82) is 0 Å². The molecular formula is C15H23N5. The van der Waals surface area contributed by atoms with Crippen molar-refractivity contribution >= 4 is 5.82 Å². The number of aromatic nitrogens is 4. The van der Waals surface area contributed by atoms with Crippen molar-refractivity contribution in [3.8, 4) is 5.82 Å². The first kappa shape index (κ1) is 14.5. The van der Waals surface area contributed by atoms with Gasteiger partial charge in [-0.25, -0.2) is 15.0 Å². The van der Waals surface area contributed by atoms with Gasteiger partial charge in [0.2, 0.25) is 0 Å². The lowest BCUT2D eigenvalue weighted by atomic mass is 10.0. The van der Waals surface area contributed by atoms with Crippen LogP contribution in [0.15, 0.2) is 18.7 Å². The van der Waals surface area contributed by atoms with Gasteiger partial charge in [-0.3, -0.25) is 4.57 Å². The zero-order valence-electron chi connectivity index (χ0n) is 12.7. The number of nitrogens with one attached hydrogen (secondary N) is 1. The first-order chi connectivity index (χ1) is 9.69. The highest BCUT2D eigenvalue weighted by Crippen LogP contribution is 2.28. The van der Waals surface area contributed by atoms with Gasteiger partial charge < -0.3 is 5.32 Å². The highest BCUT2D eigenvalue weighted by molar-refractivity contribution is 5.54. The minimum atomic E-state index is 0.345. The summed E-state index contributed by atoms with van der Waals surface area (Å²) in [5.41, 5.74) is 1.15. The van der Waals surface area contributed by atoms with Crippen LogP contribution in [-0.4, -0.2) is 26.1 Å². The normalized spacial score (nSPS) is 11.1. The standard InChI is InChI=1S/C15H23N5/c1-5-7-17-14-13(11(3)4)15(19-10-18-14)20-9-8-16-12(20)6-2/h8-11H,5-7H2,1-4H3,(H,17,18,19). The minimum absolute atomic E-state index is 0.345. The lowest BCUT2D eigenvalue weighted by Crippen LogP contribution is -2.13. The topological polar surface area (TPSA) is 55.6 Å². The summed E-state index contributed by atoms with van der Waals surface area (Å²) < 4.78 is 2.06. The fourth-order valence-electron chi connectivity index (χ4n) is 2.28. The van der Waals surface area contributed by atoms with E-state index in [9.17, 15) is 0 Å². The second-order valence-electron chi connectivity index (χ2n) is 5.11. The van der Waals surface area contributed by atoms with E-state index in [1.807, 2.05) is 12.4 Å². The molecule has 0 atom stereocenters. The van der Waals surface area contributed by atoms with E-state index in [-0.39, 0.29) is 0 Å². The number of imidazole rings is 1. The number of hydrogen-bond donors (Lipinski definition) is 1. The molecule has 0 radical (unpaired) electrons. The molecule has 0 aliphatic rings. The van der Waals surface area contributed by atoms with E-state index in [1.165, 1.54) is 0 Å². The maximum absolute atomic E-state index is 4.49. The Kier molecular flexibility index (Phi) is 4.71. The molecule has 1 N–H and O–H groups in total. The smallest absolute Gasteiger partial charge is 0.147 e. The molecular weight excluding hydrogens is 250 g/mol. The number of aryl methyl sites for hydroxylation is 1. The summed E-state index contributed by atoms with van der Waals surface area (Å²) in [5.74, 6) is 3.23. The molecule has 0 saturated carbocycles. The second kappa shape index (κ2) is 6.50. The molecule has 0 bridgehead atoms. The number of hydrogen-bond acceptors (Lipinski definition) is 4. The van der Waals surface area contributed by atoms with E-state index in [1.54, 1.807) is 6.33 Å². The van der Waals surface area contributed by atoms with Crippen LogP contribution >= 0.6 is 0 Å². The first-order valence-electron chi connectivity index (χ1n) is 7.30. The van der Waals surface area contributed by atoms with Crippen LogP contribution in [0.25, 0.3) is 5.82 Å². The average Bonchev–Trinajstić information content (AvgIpc) is 2.92. The van der Waals surface area contributed by atoms with Gasteiger partial charge in [0.25, 0.3) is 0 Å². The maximum Gasteiger partial charge on any atom is 0.147 e. The molecule has 5 heteroatoms. The van der Waals surface area contributed by atoms with Crippen molar-refractivity contribution in [2.75, 3.05) is 11.9 Å². The molecule has 0 aliphatic carbocycles. The van der Waals surface area contributed by atoms with Crippen LogP contribution in [0.5, 0.6) is 0 Å². The third-order valence-electron chi connectivity index (χ3n) is 3.24. The van der Waals surface area contributed by atoms with Crippen LogP contribution in [0.4, 0.5) is 5.82 Å². The number of anilines is 1. The first-order valence-corrected chi connectivity index (χ1v) is 7.30. The van der Waals surface area contributed by atoms with Gasteiger partial charge in [-0.05, 0) is 12.3 Å². The summed E-state index contributed by atoms with van der Waals surface area (Å²) in [7, 11) is 0. The quantitative estimate of drug-likeness (QED) is 0.878. The summed E-state index contributed by atoms with van der Waals surface area (Å²) in [6, 6.07) is 0. The van der Waals surface area contributed by atoms with Crippen LogP contribution < -0.4 is 5.32 Å². The molecule has 2 heterocycles. The SMILES string of the molecule is CCCNc1ncnc(-n2ccnc2CC)c1C(C)C. The van der Waals surface area contributed by atoms with Gasteiger partial charge in [0.15, 0.2) is 0 Å². The zero-order chi connectivity index (χ0) is 14.5. The van der Waals surface area contributed by atoms with Gasteiger partial charge >= 0.3 is 0 Å². The summed E-state index contributed by atoms with van der Waals surface area (Å²) in [5, 5.41) is 3.40. The van der Waals surface area contributed by atoms with Gasteiger partial charge in [-0.1, -0.05) is 27.7 Å². The Morgan fingerprint density at radius 2 is 2.00 bits per heavy atom. The average molecular weight is 273 g/mol. The Bertz CT molecular complexity index is 559. The van der Waals surface area contributed by atoms with E-state index in [0.29, 0.717) is 5.92 Å². The summed E-state index contributed by atoms with van der Waals surface area (Å²) >= 11 is 0. The van der Waals surface area contributed by atoms with Crippen molar-refractivity contribution in [3.05, 3.63) is 30.1 Å². The Morgan fingerprint density at radius 1 is 1.20 bits per heavy atom. The Labute approximate surface area is 120 Å². The third kappa shape index (κ3) is 2.81. The van der Waals surface area contributed by atoms with Gasteiger partial charge in [0, 0.05) is 30.9 Å². The van der Waals surface area contributed by atoms with Crippen molar-refractivity contribution in [1.82, 2.24) is 19.5 Å². The van der Waals surface area contributed by atoms with Crippen molar-refractivity contribution in [3.63, 3.8) is 0 Å². The molecule has 0 spiro atoms. The lowest BCUT2D eigenvalue weighted by Gasteiger charge is -2.18. The molecule has 0 aliphatic heterocycles. The van der Waals surface area contributed by atoms with Crippen LogP contribution in [0, 0.1) is 0 Å². The van der Waals surface area contributed by atoms with E-state index < -0.39 is 0 Å². The predicted molar refractivity (Wildman–Crippen MR) is 81.4 cm³/mol. The van der Waals surface area contributed by atoms with Crippen molar-refractivity contribution in [2.24, 2.45) is 0 Å². The Morgan fingerprint density at radius 3 is 2.65 bits per heavy atom. The molecule has 20 heavy (non-hydrogen) atoms. The molecule has 0 fully saturated rings. The van der Waals surface area contributed by atoms with Crippen LogP contribution in [0.3, 0.4) is 0 Å². The molecule has 0 unspecified atom stereocenters. The van der Waals surface area contributed by atoms with E-state index in [0.717, 1.165) is 42.4 Å². The number of nitrogens with zero attached hydrogens (tertiary/aromatic N) is 4. The predicted octanol–water partition coefficient (Wildman–Crippen LogP) is 3.17. The molecule has 0 aromatic carbocycles. The highest BCUT2D eigenvalue weighted by atomic mass is 15.1. The maximum atomic E-state index is 4.49.